The second-order valence-electron chi connectivity index (χ2n) is 6.13. The van der Waals surface area contributed by atoms with Crippen LogP contribution in [0.2, 0.25) is 4.34 Å². The molecule has 1 aliphatic carbocycles. The summed E-state index contributed by atoms with van der Waals surface area (Å²) >= 11 is 6.96. The van der Waals surface area contributed by atoms with Crippen LogP contribution >= 0.6 is 22.9 Å². The van der Waals surface area contributed by atoms with Gasteiger partial charge < -0.3 is 0 Å². The van der Waals surface area contributed by atoms with Crippen LogP contribution in [0.1, 0.15) is 35.2 Å². The smallest absolute Gasteiger partial charge is 0.250 e. The van der Waals surface area contributed by atoms with Crippen molar-refractivity contribution in [2.24, 2.45) is 0 Å². The molecular formula is C16H17ClN2O2S2. The van der Waals surface area contributed by atoms with E-state index >= 15 is 0 Å². The number of rotatable bonds is 3. The summed E-state index contributed by atoms with van der Waals surface area (Å²) in [5.41, 5.74) is 3.79. The van der Waals surface area contributed by atoms with Gasteiger partial charge in [0.05, 0.1) is 4.34 Å². The molecule has 0 radical (unpaired) electrons. The van der Waals surface area contributed by atoms with E-state index in [2.05, 4.69) is 22.7 Å². The molecule has 0 bridgehead atoms. The molecule has 0 spiro atoms. The predicted molar refractivity (Wildman–Crippen MR) is 92.5 cm³/mol. The average molecular weight is 369 g/mol. The van der Waals surface area contributed by atoms with Crippen molar-refractivity contribution in [3.05, 3.63) is 51.4 Å². The highest BCUT2D eigenvalue weighted by Gasteiger charge is 2.39. The second kappa shape index (κ2) is 5.57. The Bertz CT molecular complexity index is 863. The van der Waals surface area contributed by atoms with Crippen molar-refractivity contribution < 1.29 is 8.42 Å². The lowest BCUT2D eigenvalue weighted by molar-refractivity contribution is 0.224. The Morgan fingerprint density at radius 3 is 2.87 bits per heavy atom. The first-order chi connectivity index (χ1) is 11.0. The summed E-state index contributed by atoms with van der Waals surface area (Å²) in [6, 6.07) is 9.54. The van der Waals surface area contributed by atoms with Gasteiger partial charge in [-0.05, 0) is 48.7 Å². The van der Waals surface area contributed by atoms with Crippen LogP contribution in [-0.2, 0) is 16.4 Å². The molecule has 4 nitrogen and oxygen atoms in total. The van der Waals surface area contributed by atoms with Crippen molar-refractivity contribution in [1.82, 2.24) is 9.62 Å². The molecule has 2 heterocycles. The van der Waals surface area contributed by atoms with Gasteiger partial charge in [0, 0.05) is 18.6 Å². The maximum atomic E-state index is 12.6. The van der Waals surface area contributed by atoms with Gasteiger partial charge in [-0.3, -0.25) is 4.90 Å². The SMILES string of the molecule is CN1CCc2cccc3c2C1CC3NS(=O)(=O)c1ccc(Cl)s1. The molecule has 0 fully saturated rings. The standard InChI is InChI=1S/C16H17ClN2O2S2/c1-19-8-7-10-3-2-4-11-12(9-13(19)16(10)11)18-23(20,21)15-6-5-14(17)22-15/h2-6,12-13,18H,7-9H2,1H3. The van der Waals surface area contributed by atoms with Crippen molar-refractivity contribution in [2.75, 3.05) is 13.6 Å². The minimum Gasteiger partial charge on any atom is -0.299 e. The normalized spacial score (nSPS) is 23.9. The Morgan fingerprint density at radius 1 is 1.30 bits per heavy atom. The number of nitrogens with one attached hydrogen (secondary N) is 1. The Labute approximate surface area is 145 Å². The fraction of sp³-hybridized carbons (Fsp3) is 0.375. The van der Waals surface area contributed by atoms with Gasteiger partial charge in [0.15, 0.2) is 0 Å². The van der Waals surface area contributed by atoms with Crippen molar-refractivity contribution in [1.29, 1.82) is 0 Å². The molecule has 4 rings (SSSR count). The molecule has 0 saturated heterocycles. The highest BCUT2D eigenvalue weighted by molar-refractivity contribution is 7.91. The van der Waals surface area contributed by atoms with E-state index in [1.807, 2.05) is 12.1 Å². The van der Waals surface area contributed by atoms with Gasteiger partial charge in [-0.15, -0.1) is 11.3 Å². The lowest BCUT2D eigenvalue weighted by atomic mass is 9.94. The van der Waals surface area contributed by atoms with E-state index < -0.39 is 10.0 Å². The predicted octanol–water partition coefficient (Wildman–Crippen LogP) is 3.35. The van der Waals surface area contributed by atoms with Crippen LogP contribution in [0.4, 0.5) is 0 Å². The van der Waals surface area contributed by atoms with Gasteiger partial charge in [0.2, 0.25) is 0 Å². The van der Waals surface area contributed by atoms with Crippen LogP contribution in [0.25, 0.3) is 0 Å². The third-order valence-electron chi connectivity index (χ3n) is 4.77. The van der Waals surface area contributed by atoms with Crippen LogP contribution < -0.4 is 4.72 Å². The largest absolute Gasteiger partial charge is 0.299 e. The molecule has 1 N–H and O–H groups in total. The molecule has 2 atom stereocenters. The number of hydrogen-bond acceptors (Lipinski definition) is 4. The van der Waals surface area contributed by atoms with Crippen molar-refractivity contribution >= 4 is 33.0 Å². The fourth-order valence-corrected chi connectivity index (χ4v) is 6.41. The molecule has 23 heavy (non-hydrogen) atoms. The van der Waals surface area contributed by atoms with Crippen LogP contribution in [0.15, 0.2) is 34.5 Å². The first kappa shape index (κ1) is 15.6. The second-order valence-corrected chi connectivity index (χ2v) is 9.79. The summed E-state index contributed by atoms with van der Waals surface area (Å²) in [6.07, 6.45) is 1.80. The zero-order chi connectivity index (χ0) is 16.2. The van der Waals surface area contributed by atoms with Crippen molar-refractivity contribution in [2.45, 2.75) is 29.1 Å². The highest BCUT2D eigenvalue weighted by atomic mass is 35.5. The van der Waals surface area contributed by atoms with Crippen LogP contribution in [0.3, 0.4) is 0 Å². The average Bonchev–Trinajstić information content (AvgIpc) is 3.10. The van der Waals surface area contributed by atoms with Gasteiger partial charge in [-0.25, -0.2) is 13.1 Å². The van der Waals surface area contributed by atoms with E-state index in [0.29, 0.717) is 10.4 Å². The van der Waals surface area contributed by atoms with Gasteiger partial charge in [0.25, 0.3) is 10.0 Å². The molecule has 1 aliphatic heterocycles. The molecule has 1 aromatic heterocycles. The van der Waals surface area contributed by atoms with E-state index in [4.69, 9.17) is 11.6 Å². The summed E-state index contributed by atoms with van der Waals surface area (Å²) in [4.78, 5) is 2.32. The van der Waals surface area contributed by atoms with E-state index in [-0.39, 0.29) is 10.3 Å². The fourth-order valence-electron chi connectivity index (χ4n) is 3.68. The monoisotopic (exact) mass is 368 g/mol. The third kappa shape index (κ3) is 2.62. The number of sulfonamides is 1. The minimum absolute atomic E-state index is 0.179. The van der Waals surface area contributed by atoms with Crippen LogP contribution in [0, 0.1) is 0 Å². The van der Waals surface area contributed by atoms with Gasteiger partial charge in [-0.2, -0.15) is 0 Å². The molecule has 1 aromatic carbocycles. The zero-order valence-corrected chi connectivity index (χ0v) is 15.0. The number of thiophene rings is 1. The van der Waals surface area contributed by atoms with Crippen LogP contribution in [-0.4, -0.2) is 26.9 Å². The summed E-state index contributed by atoms with van der Waals surface area (Å²) in [5.74, 6) is 0. The lowest BCUT2D eigenvalue weighted by Gasteiger charge is -2.31. The number of benzene rings is 1. The quantitative estimate of drug-likeness (QED) is 0.903. The number of nitrogens with zero attached hydrogens (tertiary/aromatic N) is 1. The maximum absolute atomic E-state index is 12.6. The molecule has 122 valence electrons. The summed E-state index contributed by atoms with van der Waals surface area (Å²) in [5, 5.41) is 0. The molecular weight excluding hydrogens is 352 g/mol. The summed E-state index contributed by atoms with van der Waals surface area (Å²) in [6.45, 7) is 1.02. The summed E-state index contributed by atoms with van der Waals surface area (Å²) < 4.78 is 28.9. The molecule has 0 saturated carbocycles. The van der Waals surface area contributed by atoms with Crippen LogP contribution in [0.5, 0.6) is 0 Å². The Morgan fingerprint density at radius 2 is 2.13 bits per heavy atom. The first-order valence-electron chi connectivity index (χ1n) is 7.55. The number of hydrogen-bond donors (Lipinski definition) is 1. The minimum atomic E-state index is -3.54. The Kier molecular flexibility index (Phi) is 3.77. The van der Waals surface area contributed by atoms with E-state index in [9.17, 15) is 8.42 Å². The van der Waals surface area contributed by atoms with Gasteiger partial charge >= 0.3 is 0 Å². The number of likely N-dealkylation sites (N-methyl/N-ethyl adjacent to an activating group) is 1. The molecule has 2 aliphatic rings. The maximum Gasteiger partial charge on any atom is 0.250 e. The Hall–Kier alpha value is -0.920. The molecule has 2 aromatic rings. The van der Waals surface area contributed by atoms with Crippen molar-refractivity contribution in [3.8, 4) is 0 Å². The molecule has 2 unspecified atom stereocenters. The van der Waals surface area contributed by atoms with E-state index in [0.717, 1.165) is 36.3 Å². The summed E-state index contributed by atoms with van der Waals surface area (Å²) in [7, 11) is -1.43. The Balaban J connectivity index is 1.69. The molecule has 0 amide bonds. The first-order valence-corrected chi connectivity index (χ1v) is 10.2. The van der Waals surface area contributed by atoms with Gasteiger partial charge in [0.1, 0.15) is 4.21 Å². The topological polar surface area (TPSA) is 49.4 Å². The zero-order valence-electron chi connectivity index (χ0n) is 12.6. The highest BCUT2D eigenvalue weighted by Crippen LogP contribution is 2.46. The van der Waals surface area contributed by atoms with E-state index in [1.165, 1.54) is 11.1 Å². The van der Waals surface area contributed by atoms with Gasteiger partial charge in [-0.1, -0.05) is 29.8 Å². The lowest BCUT2D eigenvalue weighted by Crippen LogP contribution is -2.31. The van der Waals surface area contributed by atoms with E-state index in [1.54, 1.807) is 12.1 Å². The third-order valence-corrected chi connectivity index (χ3v) is 7.97. The number of halogens is 1. The molecule has 7 heteroatoms. The van der Waals surface area contributed by atoms with Crippen molar-refractivity contribution in [3.63, 3.8) is 0 Å².